The van der Waals surface area contributed by atoms with Gasteiger partial charge >= 0.3 is 0 Å². The van der Waals surface area contributed by atoms with E-state index in [1.807, 2.05) is 55.5 Å². The second-order valence-electron chi connectivity index (χ2n) is 4.46. The van der Waals surface area contributed by atoms with Crippen LogP contribution in [0.4, 0.5) is 0 Å². The number of nitrogens with zero attached hydrogens (tertiary/aromatic N) is 3. The SMILES string of the molecule is Cc1ccc(-c2nc(Cl)nn2-c2ccc(Cl)cc2)cc1. The van der Waals surface area contributed by atoms with Crippen molar-refractivity contribution in [3.8, 4) is 17.1 Å². The molecule has 5 heteroatoms. The van der Waals surface area contributed by atoms with Crippen LogP contribution in [0.2, 0.25) is 10.3 Å². The molecule has 100 valence electrons. The Balaban J connectivity index is 2.12. The summed E-state index contributed by atoms with van der Waals surface area (Å²) in [7, 11) is 0. The average Bonchev–Trinajstić information content (AvgIpc) is 2.82. The van der Waals surface area contributed by atoms with Gasteiger partial charge in [0.25, 0.3) is 0 Å². The summed E-state index contributed by atoms with van der Waals surface area (Å²) in [6.45, 7) is 2.04. The fourth-order valence-corrected chi connectivity index (χ4v) is 2.22. The molecule has 0 aliphatic heterocycles. The molecule has 0 amide bonds. The summed E-state index contributed by atoms with van der Waals surface area (Å²) in [6.07, 6.45) is 0. The summed E-state index contributed by atoms with van der Waals surface area (Å²) in [5.74, 6) is 0.706. The Hall–Kier alpha value is -1.84. The summed E-state index contributed by atoms with van der Waals surface area (Å²) in [6, 6.07) is 15.4. The zero-order chi connectivity index (χ0) is 14.1. The van der Waals surface area contributed by atoms with Crippen LogP contribution in [0.15, 0.2) is 48.5 Å². The monoisotopic (exact) mass is 303 g/mol. The van der Waals surface area contributed by atoms with Crippen molar-refractivity contribution in [2.75, 3.05) is 0 Å². The first-order valence-corrected chi connectivity index (χ1v) is 6.84. The predicted molar refractivity (Wildman–Crippen MR) is 81.6 cm³/mol. The van der Waals surface area contributed by atoms with Crippen molar-refractivity contribution in [1.29, 1.82) is 0 Å². The van der Waals surface area contributed by atoms with Gasteiger partial charge < -0.3 is 0 Å². The third kappa shape index (κ3) is 2.55. The molecular weight excluding hydrogens is 293 g/mol. The minimum atomic E-state index is 0.218. The van der Waals surface area contributed by atoms with E-state index in [-0.39, 0.29) is 5.28 Å². The van der Waals surface area contributed by atoms with Crippen molar-refractivity contribution in [3.63, 3.8) is 0 Å². The summed E-state index contributed by atoms with van der Waals surface area (Å²) in [5.41, 5.74) is 3.02. The molecule has 0 saturated heterocycles. The van der Waals surface area contributed by atoms with E-state index in [2.05, 4.69) is 10.1 Å². The van der Waals surface area contributed by atoms with Gasteiger partial charge in [-0.05, 0) is 42.8 Å². The topological polar surface area (TPSA) is 30.7 Å². The molecule has 0 N–H and O–H groups in total. The molecule has 0 aliphatic carbocycles. The third-order valence-electron chi connectivity index (χ3n) is 2.96. The zero-order valence-electron chi connectivity index (χ0n) is 10.7. The lowest BCUT2D eigenvalue weighted by Gasteiger charge is -2.06. The van der Waals surface area contributed by atoms with E-state index < -0.39 is 0 Å². The first-order chi connectivity index (χ1) is 9.63. The van der Waals surface area contributed by atoms with Crippen molar-refractivity contribution in [1.82, 2.24) is 14.8 Å². The lowest BCUT2D eigenvalue weighted by atomic mass is 10.1. The third-order valence-corrected chi connectivity index (χ3v) is 3.37. The number of rotatable bonds is 2. The van der Waals surface area contributed by atoms with Gasteiger partial charge in [-0.3, -0.25) is 0 Å². The Morgan fingerprint density at radius 1 is 0.900 bits per heavy atom. The highest BCUT2D eigenvalue weighted by Crippen LogP contribution is 2.23. The van der Waals surface area contributed by atoms with Crippen molar-refractivity contribution < 1.29 is 0 Å². The molecule has 0 fully saturated rings. The van der Waals surface area contributed by atoms with Crippen molar-refractivity contribution in [3.05, 3.63) is 64.4 Å². The van der Waals surface area contributed by atoms with Gasteiger partial charge in [0.05, 0.1) is 5.69 Å². The lowest BCUT2D eigenvalue weighted by molar-refractivity contribution is 0.887. The van der Waals surface area contributed by atoms with Gasteiger partial charge in [-0.1, -0.05) is 41.4 Å². The first-order valence-electron chi connectivity index (χ1n) is 6.09. The molecule has 1 aromatic heterocycles. The van der Waals surface area contributed by atoms with Crippen LogP contribution in [-0.4, -0.2) is 14.8 Å². The lowest BCUT2D eigenvalue weighted by Crippen LogP contribution is -1.99. The van der Waals surface area contributed by atoms with Gasteiger partial charge in [0.15, 0.2) is 5.82 Å². The van der Waals surface area contributed by atoms with E-state index in [0.717, 1.165) is 11.3 Å². The second-order valence-corrected chi connectivity index (χ2v) is 5.23. The molecular formula is C15H11Cl2N3. The van der Waals surface area contributed by atoms with Gasteiger partial charge in [0, 0.05) is 10.6 Å². The van der Waals surface area contributed by atoms with Crippen LogP contribution in [0.5, 0.6) is 0 Å². The number of aromatic nitrogens is 3. The number of halogens is 2. The normalized spacial score (nSPS) is 10.8. The molecule has 0 spiro atoms. The highest BCUT2D eigenvalue weighted by molar-refractivity contribution is 6.30. The molecule has 3 aromatic rings. The molecule has 0 atom stereocenters. The number of benzene rings is 2. The molecule has 0 saturated carbocycles. The van der Waals surface area contributed by atoms with E-state index in [1.165, 1.54) is 5.56 Å². The van der Waals surface area contributed by atoms with E-state index in [4.69, 9.17) is 23.2 Å². The first kappa shape index (κ1) is 13.2. The Kier molecular flexibility index (Phi) is 3.47. The van der Waals surface area contributed by atoms with Crippen LogP contribution >= 0.6 is 23.2 Å². The molecule has 0 aliphatic rings. The van der Waals surface area contributed by atoms with E-state index in [0.29, 0.717) is 10.8 Å². The number of aryl methyl sites for hydroxylation is 1. The van der Waals surface area contributed by atoms with Crippen LogP contribution in [0, 0.1) is 6.92 Å². The van der Waals surface area contributed by atoms with E-state index >= 15 is 0 Å². The van der Waals surface area contributed by atoms with Crippen LogP contribution in [-0.2, 0) is 0 Å². The van der Waals surface area contributed by atoms with E-state index in [9.17, 15) is 0 Å². The maximum Gasteiger partial charge on any atom is 0.243 e. The molecule has 3 rings (SSSR count). The van der Waals surface area contributed by atoms with Crippen LogP contribution in [0.25, 0.3) is 17.1 Å². The Bertz CT molecular complexity index is 668. The minimum Gasteiger partial charge on any atom is -0.212 e. The zero-order valence-corrected chi connectivity index (χ0v) is 12.2. The van der Waals surface area contributed by atoms with Crippen LogP contribution in [0.3, 0.4) is 0 Å². The molecule has 2 aromatic carbocycles. The quantitative estimate of drug-likeness (QED) is 0.695. The fraction of sp³-hybridized carbons (Fsp3) is 0.0667. The highest BCUT2D eigenvalue weighted by atomic mass is 35.5. The molecule has 3 nitrogen and oxygen atoms in total. The largest absolute Gasteiger partial charge is 0.243 e. The molecule has 0 bridgehead atoms. The molecule has 20 heavy (non-hydrogen) atoms. The van der Waals surface area contributed by atoms with Crippen molar-refractivity contribution in [2.45, 2.75) is 6.92 Å². The summed E-state index contributed by atoms with van der Waals surface area (Å²) >= 11 is 11.9. The number of hydrogen-bond acceptors (Lipinski definition) is 2. The van der Waals surface area contributed by atoms with Gasteiger partial charge in [-0.25, -0.2) is 4.68 Å². The summed E-state index contributed by atoms with van der Waals surface area (Å²) in [5, 5.41) is 5.13. The van der Waals surface area contributed by atoms with Crippen molar-refractivity contribution >= 4 is 23.2 Å². The van der Waals surface area contributed by atoms with Gasteiger partial charge in [-0.15, -0.1) is 5.10 Å². The smallest absolute Gasteiger partial charge is 0.212 e. The molecule has 0 radical (unpaired) electrons. The predicted octanol–water partition coefficient (Wildman–Crippen LogP) is 4.55. The highest BCUT2D eigenvalue weighted by Gasteiger charge is 2.12. The van der Waals surface area contributed by atoms with Crippen LogP contribution < -0.4 is 0 Å². The maximum absolute atomic E-state index is 5.96. The van der Waals surface area contributed by atoms with Gasteiger partial charge in [0.1, 0.15) is 0 Å². The summed E-state index contributed by atoms with van der Waals surface area (Å²) in [4.78, 5) is 4.29. The van der Waals surface area contributed by atoms with Gasteiger partial charge in [-0.2, -0.15) is 4.98 Å². The Labute approximate surface area is 126 Å². The Morgan fingerprint density at radius 3 is 2.20 bits per heavy atom. The molecule has 0 unspecified atom stereocenters. The Morgan fingerprint density at radius 2 is 1.55 bits per heavy atom. The second kappa shape index (κ2) is 5.27. The summed E-state index contributed by atoms with van der Waals surface area (Å²) < 4.78 is 1.71. The maximum atomic E-state index is 5.96. The van der Waals surface area contributed by atoms with Gasteiger partial charge in [0.2, 0.25) is 5.28 Å². The average molecular weight is 304 g/mol. The van der Waals surface area contributed by atoms with Crippen molar-refractivity contribution in [2.24, 2.45) is 0 Å². The fourth-order valence-electron chi connectivity index (χ4n) is 1.94. The number of hydrogen-bond donors (Lipinski definition) is 0. The standard InChI is InChI=1S/C15H11Cl2N3/c1-10-2-4-11(5-3-10)14-18-15(17)19-20(14)13-8-6-12(16)7-9-13/h2-9H,1H3. The minimum absolute atomic E-state index is 0.218. The molecule has 1 heterocycles. The van der Waals surface area contributed by atoms with E-state index in [1.54, 1.807) is 4.68 Å². The van der Waals surface area contributed by atoms with Crippen LogP contribution in [0.1, 0.15) is 5.56 Å².